The highest BCUT2D eigenvalue weighted by molar-refractivity contribution is 6.02. The largest absolute Gasteiger partial charge is 0.508 e. The number of phenolic OH excluding ortho intramolecular Hbond substituents is 2. The van der Waals surface area contributed by atoms with Gasteiger partial charge in [0, 0.05) is 37.9 Å². The number of aromatic hydroxyl groups is 2. The SMILES string of the molecule is COc1cc(OC)cc(N2CC(=O)N(CCCOC(C)C)CC(=O)N(C(C)c3ccc(O)cc3)CC(=O)N(C(C)c3ccc(O)cc3)CC(=O)N[C@H](C)C(=O)N(CCc3ccccc3Oc3ccccc3)CC2=O)c1. The van der Waals surface area contributed by atoms with Crippen LogP contribution in [-0.2, 0) is 39.9 Å². The van der Waals surface area contributed by atoms with Crippen LogP contribution in [0.25, 0.3) is 0 Å². The van der Waals surface area contributed by atoms with E-state index in [1.807, 2.05) is 62.4 Å². The summed E-state index contributed by atoms with van der Waals surface area (Å²) in [5.41, 5.74) is 2.03. The van der Waals surface area contributed by atoms with E-state index >= 15 is 14.4 Å². The fraction of sp³-hybridized carbons (Fsp3) is 0.368. The van der Waals surface area contributed by atoms with Gasteiger partial charge in [0.2, 0.25) is 35.4 Å². The first-order chi connectivity index (χ1) is 35.9. The maximum absolute atomic E-state index is 15.1. The van der Waals surface area contributed by atoms with Gasteiger partial charge in [0.05, 0.1) is 44.6 Å². The monoisotopic (exact) mass is 1030 g/mol. The highest BCUT2D eigenvalue weighted by Gasteiger charge is 2.35. The molecule has 5 aromatic carbocycles. The van der Waals surface area contributed by atoms with Crippen LogP contribution in [0.5, 0.6) is 34.5 Å². The molecule has 1 saturated heterocycles. The number of ether oxygens (including phenoxy) is 4. The molecule has 1 aliphatic heterocycles. The molecular formula is C57H68N6O12. The number of nitrogens with one attached hydrogen (secondary N) is 1. The Hall–Kier alpha value is -8.12. The van der Waals surface area contributed by atoms with Gasteiger partial charge in [-0.2, -0.15) is 0 Å². The molecule has 5 aromatic rings. The number of carbonyl (C=O) groups is 6. The van der Waals surface area contributed by atoms with E-state index in [0.717, 1.165) is 5.56 Å². The Kier molecular flexibility index (Phi) is 20.0. The van der Waals surface area contributed by atoms with Crippen molar-refractivity contribution in [2.24, 2.45) is 0 Å². The van der Waals surface area contributed by atoms with Gasteiger partial charge in [0.15, 0.2) is 0 Å². The van der Waals surface area contributed by atoms with Gasteiger partial charge in [-0.05, 0) is 107 Å². The van der Waals surface area contributed by atoms with E-state index in [4.69, 9.17) is 18.9 Å². The van der Waals surface area contributed by atoms with Crippen LogP contribution in [0.1, 0.15) is 69.8 Å². The first-order valence-electron chi connectivity index (χ1n) is 24.9. The molecular weight excluding hydrogens is 961 g/mol. The van der Waals surface area contributed by atoms with Crippen molar-refractivity contribution >= 4 is 41.1 Å². The Morgan fingerprint density at radius 3 is 1.72 bits per heavy atom. The first-order valence-corrected chi connectivity index (χ1v) is 24.9. The van der Waals surface area contributed by atoms with E-state index in [2.05, 4.69) is 5.32 Å². The first kappa shape index (κ1) is 56.2. The highest BCUT2D eigenvalue weighted by atomic mass is 16.5. The van der Waals surface area contributed by atoms with Crippen molar-refractivity contribution in [1.82, 2.24) is 24.9 Å². The fourth-order valence-electron chi connectivity index (χ4n) is 8.59. The summed E-state index contributed by atoms with van der Waals surface area (Å²) in [6.07, 6.45) is 0.375. The summed E-state index contributed by atoms with van der Waals surface area (Å²) in [7, 11) is 2.88. The molecule has 6 rings (SSSR count). The number of phenols is 2. The number of hydrogen-bond donors (Lipinski definition) is 3. The lowest BCUT2D eigenvalue weighted by atomic mass is 10.0. The van der Waals surface area contributed by atoms with Crippen molar-refractivity contribution in [1.29, 1.82) is 0 Å². The summed E-state index contributed by atoms with van der Waals surface area (Å²) in [5, 5.41) is 23.1. The van der Waals surface area contributed by atoms with Crippen LogP contribution in [0.3, 0.4) is 0 Å². The molecule has 3 atom stereocenters. The number of benzene rings is 5. The predicted octanol–water partition coefficient (Wildman–Crippen LogP) is 6.65. The van der Waals surface area contributed by atoms with Crippen LogP contribution >= 0.6 is 0 Å². The lowest BCUT2D eigenvalue weighted by molar-refractivity contribution is -0.148. The minimum absolute atomic E-state index is 0.00685. The average Bonchev–Trinajstić information content (AvgIpc) is 3.40. The second kappa shape index (κ2) is 26.7. The fourth-order valence-corrected chi connectivity index (χ4v) is 8.59. The van der Waals surface area contributed by atoms with Crippen molar-refractivity contribution in [3.8, 4) is 34.5 Å². The van der Waals surface area contributed by atoms with Crippen LogP contribution < -0.4 is 24.4 Å². The Balaban J connectivity index is 1.46. The number of hydrogen-bond acceptors (Lipinski definition) is 12. The molecule has 0 saturated carbocycles. The maximum Gasteiger partial charge on any atom is 0.247 e. The number of nitrogens with zero attached hydrogens (tertiary/aromatic N) is 5. The van der Waals surface area contributed by atoms with E-state index in [1.54, 1.807) is 62.4 Å². The lowest BCUT2D eigenvalue weighted by Crippen LogP contribution is -2.55. The molecule has 0 aliphatic carbocycles. The van der Waals surface area contributed by atoms with Gasteiger partial charge in [-0.1, -0.05) is 60.7 Å². The minimum Gasteiger partial charge on any atom is -0.508 e. The summed E-state index contributed by atoms with van der Waals surface area (Å²) in [4.78, 5) is 95.6. The van der Waals surface area contributed by atoms with Crippen LogP contribution in [0.4, 0.5) is 5.69 Å². The van der Waals surface area contributed by atoms with Crippen molar-refractivity contribution in [3.05, 3.63) is 138 Å². The number of anilines is 1. The Morgan fingerprint density at radius 2 is 1.13 bits per heavy atom. The molecule has 3 N–H and O–H groups in total. The van der Waals surface area contributed by atoms with E-state index in [1.165, 1.54) is 69.9 Å². The topological polar surface area (TPSA) is 208 Å². The molecule has 0 radical (unpaired) electrons. The van der Waals surface area contributed by atoms with Gasteiger partial charge < -0.3 is 59.0 Å². The highest BCUT2D eigenvalue weighted by Crippen LogP contribution is 2.31. The molecule has 18 nitrogen and oxygen atoms in total. The molecule has 1 fully saturated rings. The lowest BCUT2D eigenvalue weighted by Gasteiger charge is -2.36. The third-order valence-corrected chi connectivity index (χ3v) is 12.9. The quantitative estimate of drug-likeness (QED) is 0.0837. The van der Waals surface area contributed by atoms with Crippen molar-refractivity contribution in [2.45, 2.75) is 71.7 Å². The third-order valence-electron chi connectivity index (χ3n) is 12.9. The van der Waals surface area contributed by atoms with Gasteiger partial charge in [-0.3, -0.25) is 28.8 Å². The predicted molar refractivity (Wildman–Crippen MR) is 282 cm³/mol. The van der Waals surface area contributed by atoms with Crippen molar-refractivity contribution in [3.63, 3.8) is 0 Å². The minimum atomic E-state index is -1.25. The molecule has 2 unspecified atom stereocenters. The van der Waals surface area contributed by atoms with Gasteiger partial charge in [0.1, 0.15) is 66.7 Å². The summed E-state index contributed by atoms with van der Waals surface area (Å²) >= 11 is 0. The van der Waals surface area contributed by atoms with E-state index < -0.39 is 86.3 Å². The molecule has 75 heavy (non-hydrogen) atoms. The second-order valence-corrected chi connectivity index (χ2v) is 18.5. The van der Waals surface area contributed by atoms with E-state index in [-0.39, 0.29) is 49.4 Å². The van der Waals surface area contributed by atoms with Crippen molar-refractivity contribution in [2.75, 3.05) is 71.5 Å². The summed E-state index contributed by atoms with van der Waals surface area (Å²) < 4.78 is 23.2. The average molecular weight is 1030 g/mol. The van der Waals surface area contributed by atoms with Gasteiger partial charge in [0.25, 0.3) is 0 Å². The number of amides is 6. The molecule has 18 heteroatoms. The zero-order valence-electron chi connectivity index (χ0n) is 43.6. The standard InChI is InChI=1S/C57H68N6O12/c1-38(2)74-29-13-27-59-34-54(68)62(41(5)43-20-24-47(65)25-21-43)37-56(70)61(40(4)42-18-22-46(64)23-19-42)33-52(66)58-39(3)57(71)60(28-26-44-14-11-12-17-51(44)75-48-15-9-8-10-16-48)35-55(69)63(36-53(59)67)45-30-49(72-6)32-50(31-45)73-7/h8-12,14-25,30-32,38-41,64-65H,13,26-29,33-37H2,1-7H3,(H,58,66)/t39-,40?,41?/m1/s1. The van der Waals surface area contributed by atoms with Crippen molar-refractivity contribution < 1.29 is 57.9 Å². The number of para-hydroxylation sites is 2. The Morgan fingerprint density at radius 1 is 0.587 bits per heavy atom. The van der Waals surface area contributed by atoms with E-state index in [9.17, 15) is 24.6 Å². The van der Waals surface area contributed by atoms with Crippen LogP contribution in [0.2, 0.25) is 0 Å². The summed E-state index contributed by atoms with van der Waals surface area (Å²) in [5.74, 6) is -2.25. The number of methoxy groups -OCH3 is 2. The zero-order chi connectivity index (χ0) is 54.2. The Labute approximate surface area is 438 Å². The molecule has 398 valence electrons. The smallest absolute Gasteiger partial charge is 0.247 e. The molecule has 0 spiro atoms. The number of rotatable bonds is 17. The molecule has 0 bridgehead atoms. The van der Waals surface area contributed by atoms with Crippen LogP contribution in [0.15, 0.2) is 121 Å². The summed E-state index contributed by atoms with van der Waals surface area (Å²) in [6.45, 7) is 5.97. The zero-order valence-corrected chi connectivity index (χ0v) is 43.6. The normalized spacial score (nSPS) is 16.6. The summed E-state index contributed by atoms with van der Waals surface area (Å²) in [6, 6.07) is 30.6. The van der Waals surface area contributed by atoms with Crippen LogP contribution in [0, 0.1) is 0 Å². The van der Waals surface area contributed by atoms with E-state index in [0.29, 0.717) is 40.5 Å². The van der Waals surface area contributed by atoms with Gasteiger partial charge in [-0.25, -0.2) is 0 Å². The third kappa shape index (κ3) is 15.7. The molecule has 1 heterocycles. The van der Waals surface area contributed by atoms with Gasteiger partial charge in [-0.15, -0.1) is 0 Å². The van der Waals surface area contributed by atoms with Gasteiger partial charge >= 0.3 is 0 Å². The Bertz CT molecular complexity index is 2720. The van der Waals surface area contributed by atoms with Crippen LogP contribution in [-0.4, -0.2) is 144 Å². The molecule has 6 amide bonds. The second-order valence-electron chi connectivity index (χ2n) is 18.5. The number of carbonyl (C=O) groups excluding carboxylic acids is 6. The maximum atomic E-state index is 15.1. The molecule has 0 aromatic heterocycles. The molecule has 1 aliphatic rings.